The zero-order chi connectivity index (χ0) is 12.7. The second-order valence-electron chi connectivity index (χ2n) is 5.09. The van der Waals surface area contributed by atoms with Gasteiger partial charge in [-0.15, -0.1) is 0 Å². The Morgan fingerprint density at radius 1 is 1.29 bits per heavy atom. The van der Waals surface area contributed by atoms with Gasteiger partial charge in [0.15, 0.2) is 0 Å². The Morgan fingerprint density at radius 3 is 2.71 bits per heavy atom. The number of hydrogen-bond donors (Lipinski definition) is 1. The number of carbonyl (C=O) groups is 1. The quantitative estimate of drug-likeness (QED) is 0.778. The molecular weight excluding hydrogens is 214 g/mol. The molecule has 0 spiro atoms. The van der Waals surface area contributed by atoms with Gasteiger partial charge in [0, 0.05) is 20.1 Å². The van der Waals surface area contributed by atoms with Crippen LogP contribution in [0.2, 0.25) is 0 Å². The van der Waals surface area contributed by atoms with Gasteiger partial charge in [0.05, 0.1) is 6.54 Å². The standard InChI is InChI=1S/C13H27N3O/c1-4-10-16(11-13(17)15(2)3)12-6-5-8-14-9-7-12/h12,14H,4-11H2,1-3H3. The maximum Gasteiger partial charge on any atom is 0.236 e. The van der Waals surface area contributed by atoms with Gasteiger partial charge >= 0.3 is 0 Å². The molecule has 0 saturated carbocycles. The fourth-order valence-electron chi connectivity index (χ4n) is 2.36. The van der Waals surface area contributed by atoms with Crippen LogP contribution in [0.25, 0.3) is 0 Å². The monoisotopic (exact) mass is 241 g/mol. The second kappa shape index (κ2) is 7.67. The molecular formula is C13H27N3O. The van der Waals surface area contributed by atoms with E-state index in [1.165, 1.54) is 19.3 Å². The lowest BCUT2D eigenvalue weighted by Gasteiger charge is -2.31. The first-order valence-electron chi connectivity index (χ1n) is 6.80. The molecule has 1 amide bonds. The third-order valence-electron chi connectivity index (χ3n) is 3.41. The van der Waals surface area contributed by atoms with Crippen molar-refractivity contribution in [1.29, 1.82) is 0 Å². The van der Waals surface area contributed by atoms with E-state index >= 15 is 0 Å². The fourth-order valence-corrected chi connectivity index (χ4v) is 2.36. The summed E-state index contributed by atoms with van der Waals surface area (Å²) in [6, 6.07) is 0.578. The molecule has 100 valence electrons. The molecule has 17 heavy (non-hydrogen) atoms. The van der Waals surface area contributed by atoms with Crippen molar-refractivity contribution in [2.24, 2.45) is 0 Å². The van der Waals surface area contributed by atoms with E-state index in [-0.39, 0.29) is 5.91 Å². The highest BCUT2D eigenvalue weighted by atomic mass is 16.2. The van der Waals surface area contributed by atoms with Gasteiger partial charge in [-0.3, -0.25) is 9.69 Å². The Morgan fingerprint density at radius 2 is 2.06 bits per heavy atom. The lowest BCUT2D eigenvalue weighted by atomic mass is 10.1. The summed E-state index contributed by atoms with van der Waals surface area (Å²) in [5, 5.41) is 3.43. The molecule has 1 heterocycles. The lowest BCUT2D eigenvalue weighted by Crippen LogP contribution is -2.43. The summed E-state index contributed by atoms with van der Waals surface area (Å²) in [6.45, 7) is 6.00. The van der Waals surface area contributed by atoms with Gasteiger partial charge in [0.25, 0.3) is 0 Å². The van der Waals surface area contributed by atoms with Gasteiger partial charge < -0.3 is 10.2 Å². The Labute approximate surface area is 105 Å². The summed E-state index contributed by atoms with van der Waals surface area (Å²) in [5.41, 5.74) is 0. The smallest absolute Gasteiger partial charge is 0.236 e. The molecule has 1 aliphatic rings. The van der Waals surface area contributed by atoms with Gasteiger partial charge in [-0.1, -0.05) is 6.92 Å². The van der Waals surface area contributed by atoms with E-state index in [2.05, 4.69) is 17.1 Å². The van der Waals surface area contributed by atoms with Crippen molar-refractivity contribution in [1.82, 2.24) is 15.1 Å². The first kappa shape index (κ1) is 14.5. The van der Waals surface area contributed by atoms with Gasteiger partial charge in [-0.2, -0.15) is 0 Å². The predicted molar refractivity (Wildman–Crippen MR) is 71.1 cm³/mol. The fraction of sp³-hybridized carbons (Fsp3) is 0.923. The Hall–Kier alpha value is -0.610. The van der Waals surface area contributed by atoms with Crippen molar-refractivity contribution in [2.45, 2.75) is 38.6 Å². The molecule has 1 atom stereocenters. The van der Waals surface area contributed by atoms with Crippen LogP contribution in [0.3, 0.4) is 0 Å². The molecule has 0 bridgehead atoms. The molecule has 1 rings (SSSR count). The van der Waals surface area contributed by atoms with Crippen LogP contribution in [-0.2, 0) is 4.79 Å². The maximum atomic E-state index is 11.8. The molecule has 0 aromatic heterocycles. The highest BCUT2D eigenvalue weighted by Crippen LogP contribution is 2.14. The van der Waals surface area contributed by atoms with Gasteiger partial charge in [0.2, 0.25) is 5.91 Å². The van der Waals surface area contributed by atoms with Crippen molar-refractivity contribution in [2.75, 3.05) is 40.3 Å². The van der Waals surface area contributed by atoms with Crippen LogP contribution in [0, 0.1) is 0 Å². The third-order valence-corrected chi connectivity index (χ3v) is 3.41. The molecule has 0 radical (unpaired) electrons. The van der Waals surface area contributed by atoms with Crippen LogP contribution >= 0.6 is 0 Å². The van der Waals surface area contributed by atoms with Crippen LogP contribution in [0.4, 0.5) is 0 Å². The average molecular weight is 241 g/mol. The highest BCUT2D eigenvalue weighted by Gasteiger charge is 2.21. The number of likely N-dealkylation sites (N-methyl/N-ethyl adjacent to an activating group) is 1. The van der Waals surface area contributed by atoms with Gasteiger partial charge in [-0.05, 0) is 45.3 Å². The minimum Gasteiger partial charge on any atom is -0.348 e. The maximum absolute atomic E-state index is 11.8. The van der Waals surface area contributed by atoms with Crippen LogP contribution in [0.1, 0.15) is 32.6 Å². The number of rotatable bonds is 5. The van der Waals surface area contributed by atoms with Gasteiger partial charge in [-0.25, -0.2) is 0 Å². The predicted octanol–water partition coefficient (Wildman–Crippen LogP) is 0.929. The second-order valence-corrected chi connectivity index (χ2v) is 5.09. The van der Waals surface area contributed by atoms with Crippen LogP contribution in [-0.4, -0.2) is 62.0 Å². The average Bonchev–Trinajstić information content (AvgIpc) is 2.56. The molecule has 4 heteroatoms. The minimum absolute atomic E-state index is 0.218. The zero-order valence-corrected chi connectivity index (χ0v) is 11.5. The lowest BCUT2D eigenvalue weighted by molar-refractivity contribution is -0.130. The van der Waals surface area contributed by atoms with E-state index in [0.29, 0.717) is 12.6 Å². The minimum atomic E-state index is 0.218. The molecule has 4 nitrogen and oxygen atoms in total. The zero-order valence-electron chi connectivity index (χ0n) is 11.5. The first-order valence-corrected chi connectivity index (χ1v) is 6.80. The van der Waals surface area contributed by atoms with Gasteiger partial charge in [0.1, 0.15) is 0 Å². The Bertz CT molecular complexity index is 223. The summed E-state index contributed by atoms with van der Waals surface area (Å²) >= 11 is 0. The number of nitrogens with zero attached hydrogens (tertiary/aromatic N) is 2. The normalized spacial score (nSPS) is 21.3. The number of nitrogens with one attached hydrogen (secondary N) is 1. The van der Waals surface area contributed by atoms with E-state index in [0.717, 1.165) is 26.1 Å². The molecule has 0 aliphatic carbocycles. The first-order chi connectivity index (χ1) is 8.15. The Kier molecular flexibility index (Phi) is 6.52. The SMILES string of the molecule is CCCN(CC(=O)N(C)C)C1CCCNCC1. The topological polar surface area (TPSA) is 35.6 Å². The number of carbonyl (C=O) groups excluding carboxylic acids is 1. The van der Waals surface area contributed by atoms with Crippen molar-refractivity contribution in [3.05, 3.63) is 0 Å². The largest absolute Gasteiger partial charge is 0.348 e. The summed E-state index contributed by atoms with van der Waals surface area (Å²) in [7, 11) is 3.67. The van der Waals surface area contributed by atoms with E-state index in [1.54, 1.807) is 4.90 Å². The number of amides is 1. The third kappa shape index (κ3) is 5.04. The summed E-state index contributed by atoms with van der Waals surface area (Å²) < 4.78 is 0. The molecule has 1 aliphatic heterocycles. The summed E-state index contributed by atoms with van der Waals surface area (Å²) in [6.07, 6.45) is 4.72. The summed E-state index contributed by atoms with van der Waals surface area (Å²) in [4.78, 5) is 15.9. The van der Waals surface area contributed by atoms with Crippen molar-refractivity contribution in [3.63, 3.8) is 0 Å². The van der Waals surface area contributed by atoms with Crippen LogP contribution in [0.15, 0.2) is 0 Å². The van der Waals surface area contributed by atoms with E-state index < -0.39 is 0 Å². The van der Waals surface area contributed by atoms with E-state index in [1.807, 2.05) is 14.1 Å². The number of hydrogen-bond acceptors (Lipinski definition) is 3. The van der Waals surface area contributed by atoms with Crippen LogP contribution < -0.4 is 5.32 Å². The molecule has 1 N–H and O–H groups in total. The van der Waals surface area contributed by atoms with Crippen molar-refractivity contribution >= 4 is 5.91 Å². The molecule has 1 saturated heterocycles. The molecule has 0 aromatic carbocycles. The van der Waals surface area contributed by atoms with E-state index in [4.69, 9.17) is 0 Å². The molecule has 1 fully saturated rings. The summed E-state index contributed by atoms with van der Waals surface area (Å²) in [5.74, 6) is 0.218. The van der Waals surface area contributed by atoms with Crippen LogP contribution in [0.5, 0.6) is 0 Å². The molecule has 1 unspecified atom stereocenters. The van der Waals surface area contributed by atoms with Crippen molar-refractivity contribution < 1.29 is 4.79 Å². The van der Waals surface area contributed by atoms with Crippen molar-refractivity contribution in [3.8, 4) is 0 Å². The Balaban J connectivity index is 2.53. The van der Waals surface area contributed by atoms with E-state index in [9.17, 15) is 4.79 Å². The highest BCUT2D eigenvalue weighted by molar-refractivity contribution is 5.77. The molecule has 0 aromatic rings.